The van der Waals surface area contributed by atoms with Gasteiger partial charge in [0.05, 0.1) is 0 Å². The lowest BCUT2D eigenvalue weighted by Crippen LogP contribution is -2.07. The van der Waals surface area contributed by atoms with E-state index in [1.54, 1.807) is 6.07 Å². The van der Waals surface area contributed by atoms with E-state index in [9.17, 15) is 15.3 Å². The fourth-order valence-corrected chi connectivity index (χ4v) is 13.4. The van der Waals surface area contributed by atoms with Crippen LogP contribution in [0.1, 0.15) is 67.1 Å². The molecule has 4 aliphatic rings. The summed E-state index contributed by atoms with van der Waals surface area (Å²) in [5.41, 5.74) is 28.9. The second-order valence-corrected chi connectivity index (χ2v) is 20.6. The van der Waals surface area contributed by atoms with E-state index < -0.39 is 5.92 Å². The average molecular weight is 949 g/mol. The van der Waals surface area contributed by atoms with Crippen molar-refractivity contribution in [3.05, 3.63) is 280 Å². The normalized spacial score (nSPS) is 12.9. The van der Waals surface area contributed by atoms with E-state index in [1.807, 2.05) is 18.2 Å². The van der Waals surface area contributed by atoms with Crippen LogP contribution in [-0.2, 0) is 25.7 Å². The van der Waals surface area contributed by atoms with E-state index >= 15 is 0 Å². The van der Waals surface area contributed by atoms with Crippen LogP contribution in [0.25, 0.3) is 89.0 Å². The second-order valence-electron chi connectivity index (χ2n) is 20.6. The smallest absolute Gasteiger partial charge is 0.131 e. The number of rotatable bonds is 7. The lowest BCUT2D eigenvalue weighted by atomic mass is 9.78. The largest absolute Gasteiger partial charge is 0.508 e. The maximum Gasteiger partial charge on any atom is 0.131 e. The Hall–Kier alpha value is -9.18. The van der Waals surface area contributed by atoms with Crippen LogP contribution in [0.2, 0.25) is 0 Å². The van der Waals surface area contributed by atoms with Gasteiger partial charge in [-0.2, -0.15) is 0 Å². The van der Waals surface area contributed by atoms with Crippen molar-refractivity contribution in [1.29, 1.82) is 0 Å². The van der Waals surface area contributed by atoms with Crippen LogP contribution < -0.4 is 0 Å². The Balaban J connectivity index is 1.02. The maximum absolute atomic E-state index is 13.2. The molecule has 3 nitrogen and oxygen atoms in total. The topological polar surface area (TPSA) is 60.7 Å². The number of fused-ring (bicyclic) bond motifs is 12. The SMILES string of the molecule is Oc1ccccc1C(c1cc(-c2cccc3c2Cc2ccccc2-3)c(O)c(-c2cccc3c2Cc2ccccc2-3)c1)c1cc(-c2cccc3c2Cc2ccccc2-3)c(O)c(-c2cccc3c2Cc2ccccc2-3)c1. The third kappa shape index (κ3) is 6.39. The van der Waals surface area contributed by atoms with Crippen molar-refractivity contribution in [1.82, 2.24) is 0 Å². The summed E-state index contributed by atoms with van der Waals surface area (Å²) >= 11 is 0. The Morgan fingerprint density at radius 1 is 0.243 bits per heavy atom. The minimum absolute atomic E-state index is 0.170. The lowest BCUT2D eigenvalue weighted by molar-refractivity contribution is 0.467. The van der Waals surface area contributed by atoms with Crippen molar-refractivity contribution in [2.45, 2.75) is 31.6 Å². The van der Waals surface area contributed by atoms with Crippen LogP contribution in [0.15, 0.2) is 218 Å². The zero-order valence-electron chi connectivity index (χ0n) is 40.5. The molecule has 4 aliphatic carbocycles. The molecule has 15 rings (SSSR count). The Morgan fingerprint density at radius 3 is 0.784 bits per heavy atom. The molecule has 74 heavy (non-hydrogen) atoms. The quantitative estimate of drug-likeness (QED) is 0.140. The highest BCUT2D eigenvalue weighted by Crippen LogP contribution is 2.54. The monoisotopic (exact) mass is 948 g/mol. The van der Waals surface area contributed by atoms with Crippen LogP contribution in [0, 0.1) is 0 Å². The van der Waals surface area contributed by atoms with Gasteiger partial charge < -0.3 is 15.3 Å². The van der Waals surface area contributed by atoms with E-state index in [-0.39, 0.29) is 17.2 Å². The molecule has 0 saturated heterocycles. The Kier molecular flexibility index (Phi) is 9.43. The minimum atomic E-state index is -0.557. The zero-order chi connectivity index (χ0) is 49.2. The molecule has 0 unspecified atom stereocenters. The molecule has 3 heteroatoms. The summed E-state index contributed by atoms with van der Waals surface area (Å²) in [5, 5.41) is 38.6. The molecule has 0 bridgehead atoms. The van der Waals surface area contributed by atoms with Gasteiger partial charge in [0.1, 0.15) is 17.2 Å². The van der Waals surface area contributed by atoms with E-state index in [4.69, 9.17) is 0 Å². The highest BCUT2D eigenvalue weighted by Gasteiger charge is 2.33. The molecule has 0 atom stereocenters. The first kappa shape index (κ1) is 42.5. The van der Waals surface area contributed by atoms with Crippen molar-refractivity contribution >= 4 is 0 Å². The second kappa shape index (κ2) is 16.4. The number of hydrogen-bond donors (Lipinski definition) is 3. The number of phenolic OH excluding ortho intramolecular Hbond substituents is 3. The van der Waals surface area contributed by atoms with Gasteiger partial charge in [-0.15, -0.1) is 0 Å². The van der Waals surface area contributed by atoms with E-state index in [2.05, 4.69) is 194 Å². The van der Waals surface area contributed by atoms with Gasteiger partial charge in [-0.25, -0.2) is 0 Å². The van der Waals surface area contributed by atoms with Gasteiger partial charge in [0.2, 0.25) is 0 Å². The van der Waals surface area contributed by atoms with Crippen LogP contribution in [0.5, 0.6) is 17.2 Å². The highest BCUT2D eigenvalue weighted by molar-refractivity contribution is 5.96. The third-order valence-electron chi connectivity index (χ3n) is 16.7. The van der Waals surface area contributed by atoms with E-state index in [0.29, 0.717) is 0 Å². The fourth-order valence-electron chi connectivity index (χ4n) is 13.4. The summed E-state index contributed by atoms with van der Waals surface area (Å²) in [6.45, 7) is 0. The highest BCUT2D eigenvalue weighted by atomic mass is 16.3. The molecular weight excluding hydrogens is 901 g/mol. The molecule has 0 fully saturated rings. The summed E-state index contributed by atoms with van der Waals surface area (Å²) in [6, 6.07) is 76.8. The van der Waals surface area contributed by atoms with Crippen molar-refractivity contribution in [3.8, 4) is 106 Å². The summed E-state index contributed by atoms with van der Waals surface area (Å²) in [4.78, 5) is 0. The van der Waals surface area contributed by atoms with Gasteiger partial charge >= 0.3 is 0 Å². The fraction of sp³-hybridized carbons (Fsp3) is 0.0704. The maximum atomic E-state index is 13.2. The van der Waals surface area contributed by atoms with Crippen molar-refractivity contribution < 1.29 is 15.3 Å². The van der Waals surface area contributed by atoms with Gasteiger partial charge in [0.15, 0.2) is 0 Å². The molecule has 0 saturated carbocycles. The average Bonchev–Trinajstić information content (AvgIpc) is 4.24. The van der Waals surface area contributed by atoms with Crippen molar-refractivity contribution in [2.24, 2.45) is 0 Å². The molecule has 0 amide bonds. The molecule has 0 spiro atoms. The molecule has 0 radical (unpaired) electrons. The summed E-state index contributed by atoms with van der Waals surface area (Å²) in [6.07, 6.45) is 3.00. The molecule has 11 aromatic carbocycles. The van der Waals surface area contributed by atoms with Gasteiger partial charge in [0, 0.05) is 33.7 Å². The lowest BCUT2D eigenvalue weighted by Gasteiger charge is -2.26. The van der Waals surface area contributed by atoms with Gasteiger partial charge in [-0.05, 0) is 178 Å². The number of para-hydroxylation sites is 1. The molecule has 0 heterocycles. The molecule has 350 valence electrons. The minimum Gasteiger partial charge on any atom is -0.508 e. The molecule has 0 aliphatic heterocycles. The van der Waals surface area contributed by atoms with Crippen LogP contribution >= 0.6 is 0 Å². The molecule has 3 N–H and O–H groups in total. The number of aromatic hydroxyl groups is 3. The van der Waals surface area contributed by atoms with E-state index in [1.165, 1.54) is 89.0 Å². The zero-order valence-corrected chi connectivity index (χ0v) is 40.5. The van der Waals surface area contributed by atoms with Crippen molar-refractivity contribution in [2.75, 3.05) is 0 Å². The Bertz CT molecular complexity index is 3710. The van der Waals surface area contributed by atoms with Gasteiger partial charge in [-0.3, -0.25) is 0 Å². The van der Waals surface area contributed by atoms with Crippen LogP contribution in [0.4, 0.5) is 0 Å². The first-order chi connectivity index (χ1) is 36.4. The third-order valence-corrected chi connectivity index (χ3v) is 16.7. The number of phenols is 3. The summed E-state index contributed by atoms with van der Waals surface area (Å²) in [5.74, 6) is 0.0658. The standard InChI is InChI=1S/C71H48O3/c72-68-32-10-9-23-59(68)69(45-37-64(55-28-11-24-51-47-19-5-1-15-41(47)33-60(51)55)70(73)65(38-45)56-29-12-25-52-48-20-6-2-16-42(48)34-61(52)56)46-39-66(57-30-13-26-53-49-21-7-3-17-43(49)35-62(53)57)71(74)67(40-46)58-31-14-27-54-50-22-8-4-18-44(50)36-63(54)58/h1-32,37-40,69,72-74H,33-36H2. The van der Waals surface area contributed by atoms with Gasteiger partial charge in [-0.1, -0.05) is 188 Å². The van der Waals surface area contributed by atoms with Crippen LogP contribution in [-0.4, -0.2) is 15.3 Å². The van der Waals surface area contributed by atoms with Gasteiger partial charge in [0.25, 0.3) is 0 Å². The first-order valence-electron chi connectivity index (χ1n) is 25.8. The first-order valence-corrected chi connectivity index (χ1v) is 25.8. The predicted octanol–water partition coefficient (Wildman–Crippen LogP) is 16.9. The Morgan fingerprint density at radius 2 is 0.486 bits per heavy atom. The Labute approximate surface area is 430 Å². The van der Waals surface area contributed by atoms with Crippen LogP contribution in [0.3, 0.4) is 0 Å². The molecule has 0 aromatic heterocycles. The predicted molar refractivity (Wildman–Crippen MR) is 300 cm³/mol. The summed E-state index contributed by atoms with van der Waals surface area (Å²) < 4.78 is 0. The number of benzene rings is 11. The number of hydrogen-bond acceptors (Lipinski definition) is 3. The molecular formula is C71H48O3. The van der Waals surface area contributed by atoms with Crippen molar-refractivity contribution in [3.63, 3.8) is 0 Å². The van der Waals surface area contributed by atoms with E-state index in [0.717, 1.165) is 86.9 Å². The summed E-state index contributed by atoms with van der Waals surface area (Å²) in [7, 11) is 0. The molecule has 11 aromatic rings.